The highest BCUT2D eigenvalue weighted by Crippen LogP contribution is 2.29. The molecule has 2 atom stereocenters. The molecule has 1 saturated carbocycles. The molecule has 0 aliphatic heterocycles. The van der Waals surface area contributed by atoms with Crippen molar-refractivity contribution in [2.24, 2.45) is 0 Å². The van der Waals surface area contributed by atoms with Crippen molar-refractivity contribution in [2.75, 3.05) is 7.05 Å². The van der Waals surface area contributed by atoms with Crippen LogP contribution in [0.1, 0.15) is 40.9 Å². The highest BCUT2D eigenvalue weighted by molar-refractivity contribution is 9.09. The maximum atomic E-state index is 12.4. The normalized spacial score (nSPS) is 24.6. The predicted molar refractivity (Wildman–Crippen MR) is 76.1 cm³/mol. The molecule has 2 unspecified atom stereocenters. The van der Waals surface area contributed by atoms with Gasteiger partial charge >= 0.3 is 0 Å². The molecule has 0 saturated heterocycles. The van der Waals surface area contributed by atoms with E-state index in [0.717, 1.165) is 16.9 Å². The second kappa shape index (κ2) is 5.53. The van der Waals surface area contributed by atoms with Gasteiger partial charge in [-0.1, -0.05) is 28.8 Å². The molecule has 1 aliphatic carbocycles. The third-order valence-corrected chi connectivity index (χ3v) is 5.59. The molecule has 1 fully saturated rings. The Hall–Kier alpha value is -0.350. The fraction of sp³-hybridized carbons (Fsp3) is 0.615. The summed E-state index contributed by atoms with van der Waals surface area (Å²) < 4.78 is 0. The number of hydrogen-bond donors (Lipinski definition) is 0. The van der Waals surface area contributed by atoms with Crippen LogP contribution in [-0.4, -0.2) is 28.7 Å². The number of aryl methyl sites for hydroxylation is 1. The van der Waals surface area contributed by atoms with Gasteiger partial charge in [0, 0.05) is 17.9 Å². The largest absolute Gasteiger partial charge is 0.337 e. The summed E-state index contributed by atoms with van der Waals surface area (Å²) in [6.07, 6.45) is 4.79. The summed E-state index contributed by atoms with van der Waals surface area (Å²) in [5.41, 5.74) is 1.09. The lowest BCUT2D eigenvalue weighted by atomic mass is 9.94. The van der Waals surface area contributed by atoms with Crippen LogP contribution in [0.5, 0.6) is 0 Å². The van der Waals surface area contributed by atoms with E-state index in [1.165, 1.54) is 19.3 Å². The van der Waals surface area contributed by atoms with Gasteiger partial charge in [0.15, 0.2) is 0 Å². The van der Waals surface area contributed by atoms with Crippen molar-refractivity contribution >= 4 is 33.2 Å². The molecule has 1 aromatic rings. The number of amides is 1. The second-order valence-corrected chi connectivity index (χ2v) is 6.81. The molecule has 0 bridgehead atoms. The zero-order chi connectivity index (χ0) is 12.4. The molecule has 94 valence electrons. The van der Waals surface area contributed by atoms with E-state index >= 15 is 0 Å². The fourth-order valence-electron chi connectivity index (χ4n) is 2.40. The monoisotopic (exact) mass is 315 g/mol. The van der Waals surface area contributed by atoms with E-state index < -0.39 is 0 Å². The minimum Gasteiger partial charge on any atom is -0.337 e. The number of rotatable bonds is 2. The number of thiophene rings is 1. The van der Waals surface area contributed by atoms with Crippen molar-refractivity contribution in [1.29, 1.82) is 0 Å². The Morgan fingerprint density at radius 3 is 2.76 bits per heavy atom. The van der Waals surface area contributed by atoms with Crippen LogP contribution in [0.4, 0.5) is 0 Å². The van der Waals surface area contributed by atoms with Gasteiger partial charge in [-0.15, -0.1) is 11.3 Å². The maximum absolute atomic E-state index is 12.4. The molecule has 0 N–H and O–H groups in total. The average Bonchev–Trinajstić information content (AvgIpc) is 2.74. The van der Waals surface area contributed by atoms with Crippen molar-refractivity contribution in [3.8, 4) is 0 Å². The first-order chi connectivity index (χ1) is 8.11. The first-order valence-corrected chi connectivity index (χ1v) is 7.86. The molecule has 0 aromatic carbocycles. The molecule has 1 heterocycles. The molecular weight excluding hydrogens is 298 g/mol. The van der Waals surface area contributed by atoms with E-state index in [9.17, 15) is 4.79 Å². The average molecular weight is 316 g/mol. The summed E-state index contributed by atoms with van der Waals surface area (Å²) in [5, 5.41) is 1.99. The second-order valence-electron chi connectivity index (χ2n) is 4.72. The van der Waals surface area contributed by atoms with Gasteiger partial charge in [0.05, 0.1) is 4.88 Å². The van der Waals surface area contributed by atoms with Crippen LogP contribution in [0.3, 0.4) is 0 Å². The van der Waals surface area contributed by atoms with Gasteiger partial charge in [0.25, 0.3) is 5.91 Å². The zero-order valence-electron chi connectivity index (χ0n) is 10.3. The molecule has 4 heteroatoms. The van der Waals surface area contributed by atoms with E-state index in [-0.39, 0.29) is 5.91 Å². The molecule has 0 radical (unpaired) electrons. The van der Waals surface area contributed by atoms with Crippen LogP contribution in [0.25, 0.3) is 0 Å². The summed E-state index contributed by atoms with van der Waals surface area (Å²) in [7, 11) is 1.94. The Morgan fingerprint density at radius 2 is 2.18 bits per heavy atom. The molecule has 1 aliphatic rings. The summed E-state index contributed by atoms with van der Waals surface area (Å²) in [6, 6.07) is 2.36. The number of carbonyl (C=O) groups excluding carboxylic acids is 1. The minimum atomic E-state index is 0.175. The number of halogens is 1. The van der Waals surface area contributed by atoms with E-state index in [1.54, 1.807) is 11.3 Å². The Bertz CT molecular complexity index is 404. The summed E-state index contributed by atoms with van der Waals surface area (Å²) >= 11 is 5.26. The van der Waals surface area contributed by atoms with Crippen molar-refractivity contribution in [3.63, 3.8) is 0 Å². The minimum absolute atomic E-state index is 0.175. The summed E-state index contributed by atoms with van der Waals surface area (Å²) in [4.78, 5) is 15.7. The quantitative estimate of drug-likeness (QED) is 0.759. The predicted octanol–water partition coefficient (Wildman–Crippen LogP) is 3.83. The Labute approximate surface area is 115 Å². The van der Waals surface area contributed by atoms with Gasteiger partial charge in [-0.05, 0) is 36.8 Å². The van der Waals surface area contributed by atoms with Gasteiger partial charge in [0.2, 0.25) is 0 Å². The molecule has 1 amide bonds. The van der Waals surface area contributed by atoms with E-state index in [4.69, 9.17) is 0 Å². The van der Waals surface area contributed by atoms with Crippen LogP contribution in [-0.2, 0) is 0 Å². The van der Waals surface area contributed by atoms with Gasteiger partial charge < -0.3 is 4.90 Å². The first-order valence-electron chi connectivity index (χ1n) is 6.06. The number of alkyl halides is 1. The lowest BCUT2D eigenvalue weighted by Crippen LogP contribution is -2.44. The Kier molecular flexibility index (Phi) is 4.26. The van der Waals surface area contributed by atoms with Crippen molar-refractivity contribution < 1.29 is 4.79 Å². The SMILES string of the molecule is Cc1ccsc1C(=O)N(C)C1CCCCC1Br. The molecule has 2 nitrogen and oxygen atoms in total. The maximum Gasteiger partial charge on any atom is 0.264 e. The lowest BCUT2D eigenvalue weighted by molar-refractivity contribution is 0.0709. The standard InChI is InChI=1S/C13H18BrNOS/c1-9-7-8-17-12(9)13(16)15(2)11-6-4-3-5-10(11)14/h7-8,10-11H,3-6H2,1-2H3. The molecule has 2 rings (SSSR count). The van der Waals surface area contributed by atoms with Crippen LogP contribution in [0.2, 0.25) is 0 Å². The lowest BCUT2D eigenvalue weighted by Gasteiger charge is -2.35. The highest BCUT2D eigenvalue weighted by atomic mass is 79.9. The van der Waals surface area contributed by atoms with Crippen LogP contribution >= 0.6 is 27.3 Å². The van der Waals surface area contributed by atoms with E-state index in [0.29, 0.717) is 10.9 Å². The fourth-order valence-corrected chi connectivity index (χ4v) is 4.25. The molecular formula is C13H18BrNOS. The van der Waals surface area contributed by atoms with Crippen molar-refractivity contribution in [3.05, 3.63) is 21.9 Å². The van der Waals surface area contributed by atoms with Crippen molar-refractivity contribution in [1.82, 2.24) is 4.90 Å². The molecule has 0 spiro atoms. The highest BCUT2D eigenvalue weighted by Gasteiger charge is 2.30. The van der Waals surface area contributed by atoms with Crippen LogP contribution in [0.15, 0.2) is 11.4 Å². The summed E-state index contributed by atoms with van der Waals surface area (Å²) in [5.74, 6) is 0.175. The van der Waals surface area contributed by atoms with E-state index in [2.05, 4.69) is 15.9 Å². The zero-order valence-corrected chi connectivity index (χ0v) is 12.7. The number of carbonyl (C=O) groups is 1. The smallest absolute Gasteiger partial charge is 0.264 e. The van der Waals surface area contributed by atoms with Crippen LogP contribution in [0, 0.1) is 6.92 Å². The van der Waals surface area contributed by atoms with Crippen molar-refractivity contribution in [2.45, 2.75) is 43.5 Å². The van der Waals surface area contributed by atoms with E-state index in [1.807, 2.05) is 30.3 Å². The number of nitrogens with zero attached hydrogens (tertiary/aromatic N) is 1. The Balaban J connectivity index is 2.11. The molecule has 17 heavy (non-hydrogen) atoms. The van der Waals surface area contributed by atoms with Gasteiger partial charge in [-0.3, -0.25) is 4.79 Å². The third kappa shape index (κ3) is 2.74. The van der Waals surface area contributed by atoms with Crippen LogP contribution < -0.4 is 0 Å². The summed E-state index contributed by atoms with van der Waals surface area (Å²) in [6.45, 7) is 2.00. The van der Waals surface area contributed by atoms with Gasteiger partial charge in [-0.25, -0.2) is 0 Å². The Morgan fingerprint density at radius 1 is 1.47 bits per heavy atom. The number of hydrogen-bond acceptors (Lipinski definition) is 2. The van der Waals surface area contributed by atoms with Gasteiger partial charge in [0.1, 0.15) is 0 Å². The third-order valence-electron chi connectivity index (χ3n) is 3.52. The topological polar surface area (TPSA) is 20.3 Å². The van der Waals surface area contributed by atoms with Gasteiger partial charge in [-0.2, -0.15) is 0 Å². The first kappa shape index (κ1) is 13.1. The molecule has 1 aromatic heterocycles.